The molecular formula is C12H23N3O3. The standard InChI is InChI=1S/C12H23N3O3/c1-8-7-10(5-6-14(8)3)13-12(18)15(4)9(2)11(16)17/h8-10H,5-7H2,1-4H3,(H,13,18)(H,16,17). The van der Waals surface area contributed by atoms with Crippen molar-refractivity contribution in [2.24, 2.45) is 0 Å². The van der Waals surface area contributed by atoms with Gasteiger partial charge in [0.15, 0.2) is 0 Å². The summed E-state index contributed by atoms with van der Waals surface area (Å²) in [4.78, 5) is 26.2. The number of aliphatic carboxylic acids is 1. The second-order valence-electron chi connectivity index (χ2n) is 5.13. The van der Waals surface area contributed by atoms with Crippen molar-refractivity contribution in [3.05, 3.63) is 0 Å². The van der Waals surface area contributed by atoms with Crippen molar-refractivity contribution in [1.29, 1.82) is 0 Å². The number of likely N-dealkylation sites (tertiary alicyclic amines) is 1. The van der Waals surface area contributed by atoms with E-state index in [-0.39, 0.29) is 12.1 Å². The van der Waals surface area contributed by atoms with Crippen molar-refractivity contribution in [1.82, 2.24) is 15.1 Å². The molecule has 0 aromatic carbocycles. The SMILES string of the molecule is CC1CC(NC(=O)N(C)C(C)C(=O)O)CCN1C. The Balaban J connectivity index is 2.47. The molecule has 1 fully saturated rings. The molecule has 1 heterocycles. The van der Waals surface area contributed by atoms with Gasteiger partial charge in [0.2, 0.25) is 0 Å². The van der Waals surface area contributed by atoms with Gasteiger partial charge in [-0.05, 0) is 33.7 Å². The topological polar surface area (TPSA) is 72.9 Å². The molecule has 1 saturated heterocycles. The summed E-state index contributed by atoms with van der Waals surface area (Å²) in [6.07, 6.45) is 1.80. The van der Waals surface area contributed by atoms with Crippen LogP contribution in [0.25, 0.3) is 0 Å². The smallest absolute Gasteiger partial charge is 0.326 e. The zero-order valence-corrected chi connectivity index (χ0v) is 11.5. The fraction of sp³-hybridized carbons (Fsp3) is 0.833. The summed E-state index contributed by atoms with van der Waals surface area (Å²) in [5.74, 6) is -0.996. The lowest BCUT2D eigenvalue weighted by atomic mass is 9.99. The Hall–Kier alpha value is -1.30. The van der Waals surface area contributed by atoms with Gasteiger partial charge >= 0.3 is 12.0 Å². The van der Waals surface area contributed by atoms with Gasteiger partial charge in [-0.1, -0.05) is 0 Å². The van der Waals surface area contributed by atoms with Gasteiger partial charge < -0.3 is 20.2 Å². The van der Waals surface area contributed by atoms with Crippen molar-refractivity contribution < 1.29 is 14.7 Å². The minimum atomic E-state index is -0.996. The number of hydrogen-bond acceptors (Lipinski definition) is 3. The molecule has 0 aliphatic carbocycles. The number of carbonyl (C=O) groups excluding carboxylic acids is 1. The highest BCUT2D eigenvalue weighted by Crippen LogP contribution is 2.15. The number of piperidine rings is 1. The number of carbonyl (C=O) groups is 2. The monoisotopic (exact) mass is 257 g/mol. The van der Waals surface area contributed by atoms with Crippen LogP contribution in [-0.2, 0) is 4.79 Å². The summed E-state index contributed by atoms with van der Waals surface area (Å²) in [6.45, 7) is 4.57. The summed E-state index contributed by atoms with van der Waals surface area (Å²) in [6, 6.07) is -0.557. The van der Waals surface area contributed by atoms with Gasteiger partial charge in [0, 0.05) is 25.7 Å². The third-order valence-electron chi connectivity index (χ3n) is 3.79. The number of rotatable bonds is 3. The number of hydrogen-bond donors (Lipinski definition) is 2. The van der Waals surface area contributed by atoms with Crippen LogP contribution in [0.5, 0.6) is 0 Å². The second-order valence-corrected chi connectivity index (χ2v) is 5.13. The molecule has 6 nitrogen and oxygen atoms in total. The average molecular weight is 257 g/mol. The Morgan fingerprint density at radius 2 is 2.11 bits per heavy atom. The molecule has 2 amide bonds. The Labute approximate surface area is 108 Å². The fourth-order valence-corrected chi connectivity index (χ4v) is 2.04. The van der Waals surface area contributed by atoms with Crippen molar-refractivity contribution in [2.75, 3.05) is 20.6 Å². The van der Waals surface area contributed by atoms with E-state index in [0.29, 0.717) is 6.04 Å². The zero-order chi connectivity index (χ0) is 13.9. The van der Waals surface area contributed by atoms with Gasteiger partial charge in [-0.3, -0.25) is 0 Å². The first-order chi connectivity index (χ1) is 8.32. The minimum absolute atomic E-state index is 0.132. The van der Waals surface area contributed by atoms with Gasteiger partial charge in [0.05, 0.1) is 0 Å². The van der Waals surface area contributed by atoms with Gasteiger partial charge in [-0.2, -0.15) is 0 Å². The van der Waals surface area contributed by atoms with Crippen LogP contribution < -0.4 is 5.32 Å². The molecular weight excluding hydrogens is 234 g/mol. The summed E-state index contributed by atoms with van der Waals surface area (Å²) in [5.41, 5.74) is 0. The molecule has 0 aromatic heterocycles. The van der Waals surface area contributed by atoms with Crippen molar-refractivity contribution in [3.8, 4) is 0 Å². The number of urea groups is 1. The largest absolute Gasteiger partial charge is 0.480 e. The predicted molar refractivity (Wildman–Crippen MR) is 68.5 cm³/mol. The maximum absolute atomic E-state index is 11.9. The number of likely N-dealkylation sites (N-methyl/N-ethyl adjacent to an activating group) is 1. The second kappa shape index (κ2) is 6.04. The van der Waals surface area contributed by atoms with Crippen molar-refractivity contribution >= 4 is 12.0 Å². The highest BCUT2D eigenvalue weighted by Gasteiger charge is 2.27. The first kappa shape index (κ1) is 14.8. The van der Waals surface area contributed by atoms with Crippen LogP contribution in [0.4, 0.5) is 4.79 Å². The molecule has 1 aliphatic heterocycles. The van der Waals surface area contributed by atoms with Gasteiger partial charge in [-0.25, -0.2) is 9.59 Å². The van der Waals surface area contributed by atoms with E-state index in [9.17, 15) is 9.59 Å². The Morgan fingerprint density at radius 3 is 2.61 bits per heavy atom. The molecule has 6 heteroatoms. The molecule has 3 atom stereocenters. The highest BCUT2D eigenvalue weighted by atomic mass is 16.4. The molecule has 0 spiro atoms. The normalized spacial score (nSPS) is 26.4. The molecule has 3 unspecified atom stereocenters. The molecule has 0 aromatic rings. The van der Waals surface area contributed by atoms with Gasteiger partial charge in [0.25, 0.3) is 0 Å². The van der Waals surface area contributed by atoms with Crippen molar-refractivity contribution in [2.45, 2.75) is 44.8 Å². The molecule has 1 aliphatic rings. The third-order valence-corrected chi connectivity index (χ3v) is 3.79. The maximum Gasteiger partial charge on any atom is 0.326 e. The van der Waals surface area contributed by atoms with E-state index in [1.807, 2.05) is 0 Å². The lowest BCUT2D eigenvalue weighted by Crippen LogP contribution is -2.52. The Kier molecular flexibility index (Phi) is 4.95. The molecule has 1 rings (SSSR count). The van der Waals surface area contributed by atoms with Crippen LogP contribution in [-0.4, -0.2) is 65.7 Å². The van der Waals surface area contributed by atoms with Crippen molar-refractivity contribution in [3.63, 3.8) is 0 Å². The van der Waals surface area contributed by atoms with Crippen LogP contribution in [0, 0.1) is 0 Å². The van der Waals surface area contributed by atoms with Gasteiger partial charge in [0.1, 0.15) is 6.04 Å². The van der Waals surface area contributed by atoms with Crippen LogP contribution in [0.2, 0.25) is 0 Å². The van der Waals surface area contributed by atoms with E-state index >= 15 is 0 Å². The summed E-state index contributed by atoms with van der Waals surface area (Å²) in [7, 11) is 3.58. The number of nitrogens with zero attached hydrogens (tertiary/aromatic N) is 2. The highest BCUT2D eigenvalue weighted by molar-refractivity contribution is 5.82. The van der Waals surface area contributed by atoms with Crippen LogP contribution >= 0.6 is 0 Å². The van der Waals surface area contributed by atoms with Crippen LogP contribution in [0.1, 0.15) is 26.7 Å². The van der Waals surface area contributed by atoms with E-state index in [2.05, 4.69) is 24.2 Å². The number of carboxylic acids is 1. The predicted octanol–water partition coefficient (Wildman–Crippen LogP) is 0.584. The Bertz CT molecular complexity index is 322. The third kappa shape index (κ3) is 3.60. The van der Waals surface area contributed by atoms with E-state index in [0.717, 1.165) is 19.4 Å². The lowest BCUT2D eigenvalue weighted by Gasteiger charge is -2.36. The summed E-state index contributed by atoms with van der Waals surface area (Å²) >= 11 is 0. The molecule has 18 heavy (non-hydrogen) atoms. The van der Waals surface area contributed by atoms with E-state index < -0.39 is 12.0 Å². The first-order valence-electron chi connectivity index (χ1n) is 6.29. The molecule has 104 valence electrons. The molecule has 0 radical (unpaired) electrons. The minimum Gasteiger partial charge on any atom is -0.480 e. The van der Waals surface area contributed by atoms with E-state index in [1.165, 1.54) is 18.9 Å². The first-order valence-corrected chi connectivity index (χ1v) is 6.29. The van der Waals surface area contributed by atoms with Gasteiger partial charge in [-0.15, -0.1) is 0 Å². The summed E-state index contributed by atoms with van der Waals surface area (Å²) < 4.78 is 0. The molecule has 2 N–H and O–H groups in total. The van der Waals surface area contributed by atoms with Crippen LogP contribution in [0.3, 0.4) is 0 Å². The molecule has 0 saturated carbocycles. The van der Waals surface area contributed by atoms with E-state index in [4.69, 9.17) is 5.11 Å². The quantitative estimate of drug-likeness (QED) is 0.776. The summed E-state index contributed by atoms with van der Waals surface area (Å²) in [5, 5.41) is 11.8. The number of amides is 2. The fourth-order valence-electron chi connectivity index (χ4n) is 2.04. The lowest BCUT2D eigenvalue weighted by molar-refractivity contribution is -0.141. The Morgan fingerprint density at radius 1 is 1.50 bits per heavy atom. The molecule has 0 bridgehead atoms. The number of nitrogens with one attached hydrogen (secondary N) is 1. The average Bonchev–Trinajstić information content (AvgIpc) is 2.31. The number of carboxylic acid groups (broad SMARTS) is 1. The van der Waals surface area contributed by atoms with Crippen LogP contribution in [0.15, 0.2) is 0 Å². The zero-order valence-electron chi connectivity index (χ0n) is 11.5. The van der Waals surface area contributed by atoms with E-state index in [1.54, 1.807) is 0 Å². The maximum atomic E-state index is 11.9.